The average Bonchev–Trinajstić information content (AvgIpc) is 2.38. The zero-order chi connectivity index (χ0) is 14.8. The molecule has 0 heterocycles. The molecule has 2 rings (SSSR count). The Labute approximate surface area is 128 Å². The fraction of sp³-hybridized carbons (Fsp3) is 0.667. The maximum absolute atomic E-state index is 3.57. The first kappa shape index (κ1) is 15.9. The van der Waals surface area contributed by atoms with Crippen molar-refractivity contribution in [1.82, 2.24) is 5.32 Å². The van der Waals surface area contributed by atoms with Gasteiger partial charge in [0.05, 0.1) is 0 Å². The van der Waals surface area contributed by atoms with Gasteiger partial charge in [-0.25, -0.2) is 0 Å². The highest BCUT2D eigenvalue weighted by molar-refractivity contribution is 8.00. The molecule has 2 unspecified atom stereocenters. The van der Waals surface area contributed by atoms with Gasteiger partial charge in [-0.2, -0.15) is 0 Å². The lowest BCUT2D eigenvalue weighted by atomic mass is 9.73. The Bertz CT molecular complexity index is 422. The van der Waals surface area contributed by atoms with Crippen molar-refractivity contribution in [3.63, 3.8) is 0 Å². The third kappa shape index (κ3) is 3.59. The quantitative estimate of drug-likeness (QED) is 0.831. The third-order valence-electron chi connectivity index (χ3n) is 4.67. The molecular formula is C18H29NS. The predicted molar refractivity (Wildman–Crippen MR) is 90.7 cm³/mol. The molecule has 0 aromatic heterocycles. The number of benzene rings is 1. The standard InChI is InChI=1S/C18H29NS/c1-13(2)14-8-10-15(11-9-14)20-16-7-6-12-18(3,4)17(16)19-5/h8-11,13,16-17,19H,6-7,12H2,1-5H3. The maximum atomic E-state index is 3.57. The van der Waals surface area contributed by atoms with Crippen LogP contribution < -0.4 is 5.32 Å². The van der Waals surface area contributed by atoms with Crippen molar-refractivity contribution in [1.29, 1.82) is 0 Å². The molecule has 20 heavy (non-hydrogen) atoms. The van der Waals surface area contributed by atoms with Gasteiger partial charge in [-0.15, -0.1) is 11.8 Å². The highest BCUT2D eigenvalue weighted by Gasteiger charge is 2.38. The number of rotatable bonds is 4. The van der Waals surface area contributed by atoms with Crippen LogP contribution in [0.2, 0.25) is 0 Å². The van der Waals surface area contributed by atoms with Gasteiger partial charge in [0.2, 0.25) is 0 Å². The molecule has 0 radical (unpaired) electrons. The number of hydrogen-bond donors (Lipinski definition) is 1. The first-order chi connectivity index (χ1) is 9.44. The molecule has 0 spiro atoms. The lowest BCUT2D eigenvalue weighted by Crippen LogP contribution is -2.49. The van der Waals surface area contributed by atoms with Gasteiger partial charge in [-0.1, -0.05) is 46.2 Å². The SMILES string of the molecule is CNC1C(Sc2ccc(C(C)C)cc2)CCCC1(C)C. The summed E-state index contributed by atoms with van der Waals surface area (Å²) in [5.41, 5.74) is 1.84. The van der Waals surface area contributed by atoms with Crippen LogP contribution in [0.5, 0.6) is 0 Å². The summed E-state index contributed by atoms with van der Waals surface area (Å²) in [6.45, 7) is 9.32. The van der Waals surface area contributed by atoms with Crippen LogP contribution in [0.4, 0.5) is 0 Å². The van der Waals surface area contributed by atoms with E-state index in [1.165, 1.54) is 29.7 Å². The van der Waals surface area contributed by atoms with E-state index < -0.39 is 0 Å². The van der Waals surface area contributed by atoms with Crippen LogP contribution in [0.1, 0.15) is 58.4 Å². The Kier molecular flexibility index (Phi) is 5.19. The zero-order valence-corrected chi connectivity index (χ0v) is 14.4. The molecule has 0 aliphatic heterocycles. The van der Waals surface area contributed by atoms with Crippen molar-refractivity contribution < 1.29 is 0 Å². The van der Waals surface area contributed by atoms with Crippen molar-refractivity contribution in [2.24, 2.45) is 5.41 Å². The van der Waals surface area contributed by atoms with Crippen molar-refractivity contribution >= 4 is 11.8 Å². The van der Waals surface area contributed by atoms with Gasteiger partial charge in [-0.3, -0.25) is 0 Å². The first-order valence-electron chi connectivity index (χ1n) is 7.88. The Hall–Kier alpha value is -0.470. The molecule has 1 saturated carbocycles. The summed E-state index contributed by atoms with van der Waals surface area (Å²) >= 11 is 2.06. The second-order valence-corrected chi connectivity index (χ2v) is 8.34. The van der Waals surface area contributed by atoms with E-state index in [-0.39, 0.29) is 0 Å². The summed E-state index contributed by atoms with van der Waals surface area (Å²) in [6, 6.07) is 9.78. The van der Waals surface area contributed by atoms with Crippen LogP contribution in [0.25, 0.3) is 0 Å². The topological polar surface area (TPSA) is 12.0 Å². The molecule has 2 heteroatoms. The molecule has 1 fully saturated rings. The van der Waals surface area contributed by atoms with Crippen LogP contribution in [-0.2, 0) is 0 Å². The minimum absolute atomic E-state index is 0.405. The molecule has 0 amide bonds. The van der Waals surface area contributed by atoms with Gasteiger partial charge in [0.15, 0.2) is 0 Å². The third-order valence-corrected chi connectivity index (χ3v) is 6.02. The Morgan fingerprint density at radius 3 is 2.40 bits per heavy atom. The van der Waals surface area contributed by atoms with Crippen molar-refractivity contribution in [2.45, 2.75) is 69.1 Å². The zero-order valence-electron chi connectivity index (χ0n) is 13.6. The summed E-state index contributed by atoms with van der Waals surface area (Å²) < 4.78 is 0. The number of nitrogens with one attached hydrogen (secondary N) is 1. The molecule has 2 atom stereocenters. The van der Waals surface area contributed by atoms with E-state index in [0.717, 1.165) is 0 Å². The van der Waals surface area contributed by atoms with Crippen LogP contribution in [0, 0.1) is 5.41 Å². The van der Waals surface area contributed by atoms with Gasteiger partial charge < -0.3 is 5.32 Å². The van der Waals surface area contributed by atoms with Gasteiger partial charge in [0, 0.05) is 16.2 Å². The molecule has 1 aliphatic carbocycles. The summed E-state index contributed by atoms with van der Waals surface area (Å²) in [5, 5.41) is 4.26. The van der Waals surface area contributed by atoms with E-state index in [1.807, 2.05) is 0 Å². The molecule has 112 valence electrons. The Morgan fingerprint density at radius 2 is 1.85 bits per heavy atom. The van der Waals surface area contributed by atoms with Crippen LogP contribution >= 0.6 is 11.8 Å². The average molecular weight is 292 g/mol. The van der Waals surface area contributed by atoms with Gasteiger partial charge in [0.1, 0.15) is 0 Å². The summed E-state index contributed by atoms with van der Waals surface area (Å²) in [6.07, 6.45) is 4.01. The minimum Gasteiger partial charge on any atom is -0.315 e. The van der Waals surface area contributed by atoms with Crippen molar-refractivity contribution in [3.8, 4) is 0 Å². The van der Waals surface area contributed by atoms with Crippen molar-refractivity contribution in [2.75, 3.05) is 7.05 Å². The summed E-state index contributed by atoms with van der Waals surface area (Å²) in [7, 11) is 2.12. The smallest absolute Gasteiger partial charge is 0.0253 e. The second-order valence-electron chi connectivity index (χ2n) is 7.03. The fourth-order valence-corrected chi connectivity index (χ4v) is 4.96. The molecule has 1 nitrogen and oxygen atoms in total. The molecule has 1 aromatic carbocycles. The maximum Gasteiger partial charge on any atom is 0.0253 e. The van der Waals surface area contributed by atoms with Crippen LogP contribution in [0.3, 0.4) is 0 Å². The Balaban J connectivity index is 2.08. The first-order valence-corrected chi connectivity index (χ1v) is 8.76. The fourth-order valence-electron chi connectivity index (χ4n) is 3.39. The highest BCUT2D eigenvalue weighted by atomic mass is 32.2. The van der Waals surface area contributed by atoms with Gasteiger partial charge in [-0.05, 0) is 48.9 Å². The normalized spacial score (nSPS) is 25.9. The van der Waals surface area contributed by atoms with E-state index in [2.05, 4.69) is 76.1 Å². The van der Waals surface area contributed by atoms with Gasteiger partial charge >= 0.3 is 0 Å². The lowest BCUT2D eigenvalue weighted by molar-refractivity contribution is 0.182. The van der Waals surface area contributed by atoms with Gasteiger partial charge in [0.25, 0.3) is 0 Å². The van der Waals surface area contributed by atoms with E-state index in [4.69, 9.17) is 0 Å². The molecule has 1 aromatic rings. The van der Waals surface area contributed by atoms with E-state index in [1.54, 1.807) is 0 Å². The van der Waals surface area contributed by atoms with E-state index in [0.29, 0.717) is 22.6 Å². The minimum atomic E-state index is 0.405. The van der Waals surface area contributed by atoms with E-state index in [9.17, 15) is 0 Å². The monoisotopic (exact) mass is 291 g/mol. The highest BCUT2D eigenvalue weighted by Crippen LogP contribution is 2.42. The number of hydrogen-bond acceptors (Lipinski definition) is 2. The number of thioether (sulfide) groups is 1. The summed E-state index contributed by atoms with van der Waals surface area (Å²) in [4.78, 5) is 1.41. The molecule has 1 N–H and O–H groups in total. The largest absolute Gasteiger partial charge is 0.315 e. The predicted octanol–water partition coefficient (Wildman–Crippen LogP) is 5.07. The second kappa shape index (κ2) is 6.53. The summed E-state index contributed by atoms with van der Waals surface area (Å²) in [5.74, 6) is 0.618. The molecule has 0 bridgehead atoms. The lowest BCUT2D eigenvalue weighted by Gasteiger charge is -2.43. The van der Waals surface area contributed by atoms with Crippen LogP contribution in [0.15, 0.2) is 29.2 Å². The van der Waals surface area contributed by atoms with Crippen molar-refractivity contribution in [3.05, 3.63) is 29.8 Å². The molecule has 1 aliphatic rings. The Morgan fingerprint density at radius 1 is 1.20 bits per heavy atom. The van der Waals surface area contributed by atoms with E-state index >= 15 is 0 Å². The molecular weight excluding hydrogens is 262 g/mol. The molecule has 0 saturated heterocycles. The van der Waals surface area contributed by atoms with Crippen LogP contribution in [-0.4, -0.2) is 18.3 Å².